The van der Waals surface area contributed by atoms with E-state index in [1.807, 2.05) is 24.8 Å². The van der Waals surface area contributed by atoms with E-state index in [2.05, 4.69) is 35.4 Å². The van der Waals surface area contributed by atoms with Gasteiger partial charge < -0.3 is 5.32 Å². The average molecular weight is 225 g/mol. The van der Waals surface area contributed by atoms with Gasteiger partial charge in [0.15, 0.2) is 0 Å². The largest absolute Gasteiger partial charge is 0.369 e. The Morgan fingerprint density at radius 1 is 1.40 bits per heavy atom. The Labute approximate surface area is 96.1 Å². The number of hydrogen-bond acceptors (Lipinski definition) is 4. The summed E-state index contributed by atoms with van der Waals surface area (Å²) < 4.78 is 0. The Morgan fingerprint density at radius 2 is 2.13 bits per heavy atom. The molecule has 1 heterocycles. The molecular weight excluding hydrogens is 206 g/mol. The van der Waals surface area contributed by atoms with Crippen LogP contribution in [0.3, 0.4) is 0 Å². The summed E-state index contributed by atoms with van der Waals surface area (Å²) >= 11 is 1.83. The van der Waals surface area contributed by atoms with Crippen LogP contribution in [0.4, 0.5) is 5.82 Å². The topological polar surface area (TPSA) is 37.8 Å². The number of anilines is 1. The molecule has 0 saturated carbocycles. The number of nitrogens with zero attached hydrogens (tertiary/aromatic N) is 2. The van der Waals surface area contributed by atoms with Crippen LogP contribution < -0.4 is 5.32 Å². The Morgan fingerprint density at radius 3 is 2.73 bits per heavy atom. The highest BCUT2D eigenvalue weighted by atomic mass is 32.2. The highest BCUT2D eigenvalue weighted by molar-refractivity contribution is 7.98. The molecule has 3 nitrogen and oxygen atoms in total. The van der Waals surface area contributed by atoms with E-state index in [1.165, 1.54) is 0 Å². The van der Waals surface area contributed by atoms with E-state index in [9.17, 15) is 0 Å². The normalized spacial score (nSPS) is 10.7. The quantitative estimate of drug-likeness (QED) is 0.782. The van der Waals surface area contributed by atoms with Gasteiger partial charge in [-0.1, -0.05) is 13.8 Å². The Hall–Kier alpha value is -0.770. The molecule has 0 radical (unpaired) electrons. The number of aryl methyl sites for hydroxylation is 1. The van der Waals surface area contributed by atoms with Gasteiger partial charge in [-0.2, -0.15) is 11.8 Å². The van der Waals surface area contributed by atoms with Gasteiger partial charge in [0.1, 0.15) is 11.6 Å². The molecule has 0 aliphatic heterocycles. The van der Waals surface area contributed by atoms with Gasteiger partial charge in [0.05, 0.1) is 0 Å². The molecule has 1 N–H and O–H groups in total. The van der Waals surface area contributed by atoms with Gasteiger partial charge in [-0.25, -0.2) is 9.97 Å². The first-order chi connectivity index (χ1) is 7.13. The van der Waals surface area contributed by atoms with Crippen molar-refractivity contribution in [3.63, 3.8) is 0 Å². The molecule has 1 rings (SSSR count). The van der Waals surface area contributed by atoms with Crippen LogP contribution in [0.15, 0.2) is 6.07 Å². The lowest BCUT2D eigenvalue weighted by atomic mass is 10.2. The molecule has 4 heteroatoms. The smallest absolute Gasteiger partial charge is 0.133 e. The lowest BCUT2D eigenvalue weighted by Crippen LogP contribution is -2.09. The SMILES string of the molecule is CSCCNc1cc(C)nc(C(C)C)n1. The summed E-state index contributed by atoms with van der Waals surface area (Å²) in [7, 11) is 0. The van der Waals surface area contributed by atoms with Gasteiger partial charge in [-0.05, 0) is 13.2 Å². The second-order valence-corrected chi connectivity index (χ2v) is 4.81. The minimum atomic E-state index is 0.381. The summed E-state index contributed by atoms with van der Waals surface area (Å²) in [6, 6.07) is 1.99. The summed E-state index contributed by atoms with van der Waals surface area (Å²) in [5.41, 5.74) is 1.03. The van der Waals surface area contributed by atoms with Crippen LogP contribution in [0.25, 0.3) is 0 Å². The van der Waals surface area contributed by atoms with Gasteiger partial charge in [0.25, 0.3) is 0 Å². The number of rotatable bonds is 5. The van der Waals surface area contributed by atoms with E-state index in [-0.39, 0.29) is 0 Å². The monoisotopic (exact) mass is 225 g/mol. The average Bonchev–Trinajstić information content (AvgIpc) is 2.17. The summed E-state index contributed by atoms with van der Waals surface area (Å²) in [5, 5.41) is 3.31. The zero-order chi connectivity index (χ0) is 11.3. The number of hydrogen-bond donors (Lipinski definition) is 1. The maximum Gasteiger partial charge on any atom is 0.133 e. The van der Waals surface area contributed by atoms with Gasteiger partial charge in [0, 0.05) is 30.0 Å². The number of nitrogens with one attached hydrogen (secondary N) is 1. The van der Waals surface area contributed by atoms with Gasteiger partial charge in [-0.15, -0.1) is 0 Å². The van der Waals surface area contributed by atoms with Crippen molar-refractivity contribution in [2.75, 3.05) is 23.9 Å². The molecule has 15 heavy (non-hydrogen) atoms. The molecule has 0 aliphatic rings. The third kappa shape index (κ3) is 4.08. The van der Waals surface area contributed by atoms with Crippen molar-refractivity contribution in [1.29, 1.82) is 0 Å². The van der Waals surface area contributed by atoms with Crippen molar-refractivity contribution in [1.82, 2.24) is 9.97 Å². The molecule has 0 unspecified atom stereocenters. The minimum Gasteiger partial charge on any atom is -0.369 e. The number of aromatic nitrogens is 2. The Balaban J connectivity index is 2.71. The minimum absolute atomic E-state index is 0.381. The van der Waals surface area contributed by atoms with E-state index in [4.69, 9.17) is 0 Å². The predicted molar refractivity (Wildman–Crippen MR) is 67.7 cm³/mol. The number of thioether (sulfide) groups is 1. The lowest BCUT2D eigenvalue weighted by Gasteiger charge is -2.09. The molecule has 0 aliphatic carbocycles. The first-order valence-corrected chi connectivity index (χ1v) is 6.61. The van der Waals surface area contributed by atoms with Gasteiger partial charge in [0.2, 0.25) is 0 Å². The first kappa shape index (κ1) is 12.3. The zero-order valence-corrected chi connectivity index (χ0v) is 10.7. The maximum atomic E-state index is 4.47. The molecule has 0 atom stereocenters. The van der Waals surface area contributed by atoms with Crippen molar-refractivity contribution in [2.45, 2.75) is 26.7 Å². The predicted octanol–water partition coefficient (Wildman–Crippen LogP) is 2.68. The molecule has 1 aromatic heterocycles. The van der Waals surface area contributed by atoms with Gasteiger partial charge >= 0.3 is 0 Å². The molecule has 84 valence electrons. The molecule has 0 fully saturated rings. The van der Waals surface area contributed by atoms with Crippen LogP contribution in [0, 0.1) is 6.92 Å². The Kier molecular flexibility index (Phi) is 4.88. The fraction of sp³-hybridized carbons (Fsp3) is 0.636. The standard InChI is InChI=1S/C11H19N3S/c1-8(2)11-13-9(3)7-10(14-11)12-5-6-15-4/h7-8H,5-6H2,1-4H3,(H,12,13,14). The summed E-state index contributed by atoms with van der Waals surface area (Å²) in [6.45, 7) is 7.18. The second-order valence-electron chi connectivity index (χ2n) is 3.83. The van der Waals surface area contributed by atoms with Crippen molar-refractivity contribution in [2.24, 2.45) is 0 Å². The van der Waals surface area contributed by atoms with Crippen LogP contribution in [-0.4, -0.2) is 28.5 Å². The van der Waals surface area contributed by atoms with E-state index in [0.717, 1.165) is 29.6 Å². The molecular formula is C11H19N3S. The van der Waals surface area contributed by atoms with Crippen molar-refractivity contribution < 1.29 is 0 Å². The van der Waals surface area contributed by atoms with Gasteiger partial charge in [-0.3, -0.25) is 0 Å². The first-order valence-electron chi connectivity index (χ1n) is 5.22. The third-order valence-electron chi connectivity index (χ3n) is 2.00. The molecule has 0 spiro atoms. The van der Waals surface area contributed by atoms with E-state index >= 15 is 0 Å². The second kappa shape index (κ2) is 5.95. The van der Waals surface area contributed by atoms with Crippen LogP contribution in [-0.2, 0) is 0 Å². The van der Waals surface area contributed by atoms with Crippen molar-refractivity contribution >= 4 is 17.6 Å². The van der Waals surface area contributed by atoms with E-state index in [1.54, 1.807) is 0 Å². The zero-order valence-electron chi connectivity index (χ0n) is 9.87. The Bertz CT molecular complexity index is 313. The molecule has 0 amide bonds. The molecule has 0 bridgehead atoms. The van der Waals surface area contributed by atoms with Crippen molar-refractivity contribution in [3.8, 4) is 0 Å². The van der Waals surface area contributed by atoms with Crippen LogP contribution in [0.2, 0.25) is 0 Å². The molecule has 0 aromatic carbocycles. The maximum absolute atomic E-state index is 4.47. The fourth-order valence-electron chi connectivity index (χ4n) is 1.22. The third-order valence-corrected chi connectivity index (χ3v) is 2.61. The van der Waals surface area contributed by atoms with Crippen molar-refractivity contribution in [3.05, 3.63) is 17.6 Å². The van der Waals surface area contributed by atoms with E-state index < -0.39 is 0 Å². The highest BCUT2D eigenvalue weighted by Crippen LogP contribution is 2.13. The lowest BCUT2D eigenvalue weighted by molar-refractivity contribution is 0.767. The summed E-state index contributed by atoms with van der Waals surface area (Å²) in [4.78, 5) is 8.88. The molecule has 1 aromatic rings. The summed E-state index contributed by atoms with van der Waals surface area (Å²) in [6.07, 6.45) is 2.10. The van der Waals surface area contributed by atoms with Crippen LogP contribution in [0.5, 0.6) is 0 Å². The summed E-state index contributed by atoms with van der Waals surface area (Å²) in [5.74, 6) is 3.34. The highest BCUT2D eigenvalue weighted by Gasteiger charge is 2.05. The fourth-order valence-corrected chi connectivity index (χ4v) is 1.53. The van der Waals surface area contributed by atoms with Crippen LogP contribution >= 0.6 is 11.8 Å². The van der Waals surface area contributed by atoms with E-state index in [0.29, 0.717) is 5.92 Å². The molecule has 0 saturated heterocycles. The van der Waals surface area contributed by atoms with Crippen LogP contribution in [0.1, 0.15) is 31.3 Å².